The van der Waals surface area contributed by atoms with E-state index in [0.29, 0.717) is 0 Å². The molecule has 47 heavy (non-hydrogen) atoms. The zero-order valence-corrected chi connectivity index (χ0v) is 29.3. The number of fused-ring (bicyclic) bond motifs is 2. The van der Waals surface area contributed by atoms with E-state index in [9.17, 15) is 0 Å². The first-order valence-corrected chi connectivity index (χ1v) is 16.9. The van der Waals surface area contributed by atoms with Gasteiger partial charge in [-0.05, 0) is 96.3 Å². The number of thioether (sulfide) groups is 1. The third kappa shape index (κ3) is 5.61. The lowest BCUT2D eigenvalue weighted by Gasteiger charge is -2.25. The quantitative estimate of drug-likeness (QED) is 0.155. The average molecular weight is 641 g/mol. The van der Waals surface area contributed by atoms with Crippen LogP contribution in [0, 0.1) is 7.43 Å². The van der Waals surface area contributed by atoms with Crippen molar-refractivity contribution in [3.8, 4) is 5.69 Å². The number of benzene rings is 3. The van der Waals surface area contributed by atoms with Gasteiger partial charge in [-0.3, -0.25) is 0 Å². The Morgan fingerprint density at radius 1 is 0.809 bits per heavy atom. The van der Waals surface area contributed by atoms with Gasteiger partial charge >= 0.3 is 0 Å². The molecule has 0 fully saturated rings. The minimum Gasteiger partial charge on any atom is -0.358 e. The number of likely N-dealkylation sites (N-methyl/N-ethyl adjacent to an activating group) is 1. The van der Waals surface area contributed by atoms with E-state index in [4.69, 9.17) is 0 Å². The topological polar surface area (TPSA) is 49.9 Å². The second kappa shape index (κ2) is 12.6. The molecule has 0 atom stereocenters. The number of tetrazole rings is 1. The van der Waals surface area contributed by atoms with Crippen molar-refractivity contribution in [1.82, 2.24) is 20.2 Å². The van der Waals surface area contributed by atoms with E-state index in [2.05, 4.69) is 140 Å². The molecule has 3 aliphatic rings. The monoisotopic (exact) mass is 640 g/mol. The van der Waals surface area contributed by atoms with E-state index in [0.717, 1.165) is 30.1 Å². The highest BCUT2D eigenvalue weighted by Gasteiger charge is 2.42. The fourth-order valence-electron chi connectivity index (χ4n) is 7.38. The highest BCUT2D eigenvalue weighted by Crippen LogP contribution is 2.47. The molecule has 2 aliphatic heterocycles. The summed E-state index contributed by atoms with van der Waals surface area (Å²) < 4.78 is 4.18. The molecular formula is C40H44N6S. The van der Waals surface area contributed by atoms with E-state index in [1.165, 1.54) is 50.0 Å². The summed E-state index contributed by atoms with van der Waals surface area (Å²) in [5, 5.41) is 13.7. The van der Waals surface area contributed by atoms with Gasteiger partial charge in [0.05, 0.1) is 11.1 Å². The fourth-order valence-corrected chi connectivity index (χ4v) is 8.47. The van der Waals surface area contributed by atoms with Crippen molar-refractivity contribution < 1.29 is 4.58 Å². The Kier molecular flexibility index (Phi) is 8.70. The minimum atomic E-state index is -0.0848. The summed E-state index contributed by atoms with van der Waals surface area (Å²) in [6.45, 7) is 9.29. The highest BCUT2D eigenvalue weighted by molar-refractivity contribution is 8.03. The summed E-state index contributed by atoms with van der Waals surface area (Å²) in [4.78, 5) is 3.58. The average Bonchev–Trinajstić information content (AvgIpc) is 3.66. The van der Waals surface area contributed by atoms with Gasteiger partial charge in [0.25, 0.3) is 0 Å². The van der Waals surface area contributed by atoms with Gasteiger partial charge in [0.15, 0.2) is 5.71 Å². The van der Waals surface area contributed by atoms with Gasteiger partial charge in [-0.15, -0.1) is 5.10 Å². The molecule has 0 N–H and O–H groups in total. The molecule has 0 saturated heterocycles. The summed E-state index contributed by atoms with van der Waals surface area (Å²) in [5.74, 6) is 0. The minimum absolute atomic E-state index is 0. The zero-order valence-electron chi connectivity index (χ0n) is 28.5. The van der Waals surface area contributed by atoms with E-state index in [1.54, 1.807) is 11.8 Å². The van der Waals surface area contributed by atoms with Crippen LogP contribution in [0.5, 0.6) is 0 Å². The summed E-state index contributed by atoms with van der Waals surface area (Å²) in [6, 6.07) is 27.6. The zero-order chi connectivity index (χ0) is 32.1. The molecular weight excluding hydrogens is 597 g/mol. The summed E-state index contributed by atoms with van der Waals surface area (Å²) in [7, 11) is 4.36. The van der Waals surface area contributed by atoms with Gasteiger partial charge in [0.1, 0.15) is 7.05 Å². The molecule has 0 amide bonds. The van der Waals surface area contributed by atoms with Gasteiger partial charge in [0.2, 0.25) is 10.8 Å². The lowest BCUT2D eigenvalue weighted by molar-refractivity contribution is -0.401. The molecule has 6 nitrogen and oxygen atoms in total. The van der Waals surface area contributed by atoms with Gasteiger partial charge in [0, 0.05) is 46.5 Å². The molecule has 0 radical (unpaired) electrons. The van der Waals surface area contributed by atoms with Crippen LogP contribution < -0.4 is 4.90 Å². The maximum absolute atomic E-state index is 4.50. The molecule has 3 heterocycles. The lowest BCUT2D eigenvalue weighted by Crippen LogP contribution is -2.26. The van der Waals surface area contributed by atoms with Gasteiger partial charge in [-0.25, -0.2) is 0 Å². The van der Waals surface area contributed by atoms with Crippen LogP contribution in [-0.2, 0) is 10.8 Å². The maximum atomic E-state index is 4.50. The van der Waals surface area contributed by atoms with Crippen LogP contribution in [0.2, 0.25) is 0 Å². The first-order chi connectivity index (χ1) is 22.2. The molecule has 0 saturated carbocycles. The summed E-state index contributed by atoms with van der Waals surface area (Å²) in [5.41, 5.74) is 11.3. The predicted octanol–water partition coefficient (Wildman–Crippen LogP) is 9.14. The van der Waals surface area contributed by atoms with Crippen LogP contribution in [0.4, 0.5) is 11.4 Å². The molecule has 1 aliphatic carbocycles. The van der Waals surface area contributed by atoms with E-state index < -0.39 is 0 Å². The Balaban J connectivity index is 0.00000386. The number of hydrogen-bond acceptors (Lipinski definition) is 5. The Morgan fingerprint density at radius 3 is 2.26 bits per heavy atom. The Morgan fingerprint density at radius 2 is 1.51 bits per heavy atom. The molecule has 0 unspecified atom stereocenters. The number of aromatic nitrogens is 4. The molecule has 4 aromatic rings. The first-order valence-electron chi connectivity index (χ1n) is 16.1. The number of para-hydroxylation sites is 3. The van der Waals surface area contributed by atoms with Crippen molar-refractivity contribution >= 4 is 28.8 Å². The van der Waals surface area contributed by atoms with Crippen molar-refractivity contribution in [2.75, 3.05) is 19.0 Å². The van der Waals surface area contributed by atoms with Crippen LogP contribution in [0.1, 0.15) is 58.1 Å². The van der Waals surface area contributed by atoms with E-state index in [-0.39, 0.29) is 18.3 Å². The van der Waals surface area contributed by atoms with Crippen LogP contribution in [0.3, 0.4) is 0 Å². The highest BCUT2D eigenvalue weighted by atomic mass is 32.2. The van der Waals surface area contributed by atoms with Crippen LogP contribution in [-0.4, -0.2) is 44.6 Å². The van der Waals surface area contributed by atoms with Crippen molar-refractivity contribution in [3.05, 3.63) is 143 Å². The lowest BCUT2D eigenvalue weighted by atomic mass is 9.81. The summed E-state index contributed by atoms with van der Waals surface area (Å²) >= 11 is 1.67. The van der Waals surface area contributed by atoms with Gasteiger partial charge in [-0.1, -0.05) is 80.6 Å². The fraction of sp³-hybridized carbons (Fsp3) is 0.275. The van der Waals surface area contributed by atoms with Crippen molar-refractivity contribution in [3.63, 3.8) is 0 Å². The Hall–Kier alpha value is -4.49. The molecule has 240 valence electrons. The number of allylic oxidation sites excluding steroid dienone is 7. The van der Waals surface area contributed by atoms with Crippen LogP contribution in [0.15, 0.2) is 130 Å². The smallest absolute Gasteiger partial charge is 0.218 e. The number of nitrogens with zero attached hydrogens (tertiary/aromatic N) is 6. The number of anilines is 1. The summed E-state index contributed by atoms with van der Waals surface area (Å²) in [6.07, 6.45) is 12.5. The van der Waals surface area contributed by atoms with Crippen molar-refractivity contribution in [2.24, 2.45) is 0 Å². The van der Waals surface area contributed by atoms with Crippen LogP contribution in [0.25, 0.3) is 5.69 Å². The molecule has 3 aromatic carbocycles. The molecule has 0 bridgehead atoms. The normalized spacial score (nSPS) is 19.9. The predicted molar refractivity (Wildman–Crippen MR) is 196 cm³/mol. The molecule has 7 heteroatoms. The SMILES string of the molecule is CN1C(=CC=C2CCCC(C=CC3=[N+](C)c4ccccc4C3(C)C)=C2Sc2nnnn2-c2ccccc2)C(C)(C)c2ccccc21.[CH3-]. The van der Waals surface area contributed by atoms with E-state index >= 15 is 0 Å². The third-order valence-corrected chi connectivity index (χ3v) is 11.0. The van der Waals surface area contributed by atoms with Gasteiger partial charge < -0.3 is 12.3 Å². The Labute approximate surface area is 283 Å². The van der Waals surface area contributed by atoms with Crippen molar-refractivity contribution in [2.45, 2.75) is 62.9 Å². The maximum Gasteiger partial charge on any atom is 0.218 e. The molecule has 0 spiro atoms. The number of hydrogen-bond donors (Lipinski definition) is 0. The van der Waals surface area contributed by atoms with Gasteiger partial charge in [-0.2, -0.15) is 9.26 Å². The first kappa shape index (κ1) is 32.5. The van der Waals surface area contributed by atoms with E-state index in [1.807, 2.05) is 35.0 Å². The van der Waals surface area contributed by atoms with Crippen LogP contribution >= 0.6 is 11.8 Å². The largest absolute Gasteiger partial charge is 0.358 e. The number of rotatable bonds is 6. The molecule has 1 aromatic heterocycles. The standard InChI is InChI=1S/C39H41N6S.CH3/c1-38(2)30-19-10-12-21-32(30)43(5)34(38)25-23-27-15-14-16-28(24-26-35-39(3,4)31-20-11-13-22-33(31)44(35)6)36(27)46-37-40-41-42-45(37)29-17-8-7-9-18-29;/h7-13,17-26H,14-16H2,1-6H3;1H3/q+1;-1. The molecule has 7 rings (SSSR count). The second-order valence-electron chi connectivity index (χ2n) is 13.4. The van der Waals surface area contributed by atoms with Crippen molar-refractivity contribution in [1.29, 1.82) is 0 Å². The second-order valence-corrected chi connectivity index (χ2v) is 14.4. The third-order valence-electron chi connectivity index (χ3n) is 9.88. The Bertz CT molecular complexity index is 1970.